The van der Waals surface area contributed by atoms with Gasteiger partial charge >= 0.3 is 0 Å². The Hall–Kier alpha value is -0.0800. The molecule has 1 aliphatic carbocycles. The number of aliphatic hydroxyl groups excluding tert-OH is 1. The van der Waals surface area contributed by atoms with Gasteiger partial charge in [-0.1, -0.05) is 20.8 Å². The first-order chi connectivity index (χ1) is 5.53. The van der Waals surface area contributed by atoms with Crippen molar-refractivity contribution in [3.05, 3.63) is 0 Å². The van der Waals surface area contributed by atoms with Gasteiger partial charge in [-0.2, -0.15) is 0 Å². The third-order valence-electron chi connectivity index (χ3n) is 3.48. The van der Waals surface area contributed by atoms with E-state index in [-0.39, 0.29) is 11.5 Å². The van der Waals surface area contributed by atoms with Gasteiger partial charge in [0.25, 0.3) is 0 Å². The standard InChI is InChI=1S/C10H21NO/c1-7(2)8(3)9(12)10(6-11)4-5-10/h7-9,12H,4-6,11H2,1-3H3. The van der Waals surface area contributed by atoms with E-state index >= 15 is 0 Å². The summed E-state index contributed by atoms with van der Waals surface area (Å²) in [5.41, 5.74) is 5.73. The lowest BCUT2D eigenvalue weighted by molar-refractivity contribution is 0.0290. The summed E-state index contributed by atoms with van der Waals surface area (Å²) < 4.78 is 0. The van der Waals surface area contributed by atoms with Crippen LogP contribution in [-0.2, 0) is 0 Å². The van der Waals surface area contributed by atoms with E-state index in [1.54, 1.807) is 0 Å². The van der Waals surface area contributed by atoms with Gasteiger partial charge in [0, 0.05) is 12.0 Å². The maximum Gasteiger partial charge on any atom is 0.0636 e. The Labute approximate surface area is 75.2 Å². The van der Waals surface area contributed by atoms with Crippen LogP contribution in [0.15, 0.2) is 0 Å². The summed E-state index contributed by atoms with van der Waals surface area (Å²) in [4.78, 5) is 0. The molecule has 0 radical (unpaired) electrons. The van der Waals surface area contributed by atoms with Crippen LogP contribution in [0.3, 0.4) is 0 Å². The normalized spacial score (nSPS) is 25.5. The van der Waals surface area contributed by atoms with Crippen molar-refractivity contribution in [2.45, 2.75) is 39.7 Å². The molecule has 1 saturated carbocycles. The lowest BCUT2D eigenvalue weighted by Crippen LogP contribution is -2.36. The first-order valence-corrected chi connectivity index (χ1v) is 4.91. The molecule has 0 aliphatic heterocycles. The van der Waals surface area contributed by atoms with Gasteiger partial charge in [0.05, 0.1) is 6.10 Å². The van der Waals surface area contributed by atoms with Crippen molar-refractivity contribution in [1.82, 2.24) is 0 Å². The molecule has 0 aromatic carbocycles. The molecule has 1 fully saturated rings. The molecule has 1 rings (SSSR count). The van der Waals surface area contributed by atoms with Crippen LogP contribution < -0.4 is 5.73 Å². The summed E-state index contributed by atoms with van der Waals surface area (Å²) in [6.45, 7) is 7.07. The molecule has 12 heavy (non-hydrogen) atoms. The predicted molar refractivity (Wildman–Crippen MR) is 50.7 cm³/mol. The molecule has 0 aromatic heterocycles. The first kappa shape index (κ1) is 10.0. The van der Waals surface area contributed by atoms with Crippen LogP contribution in [0.1, 0.15) is 33.6 Å². The fourth-order valence-corrected chi connectivity index (χ4v) is 1.70. The first-order valence-electron chi connectivity index (χ1n) is 4.91. The van der Waals surface area contributed by atoms with Crippen molar-refractivity contribution in [1.29, 1.82) is 0 Å². The van der Waals surface area contributed by atoms with Gasteiger partial charge in [-0.3, -0.25) is 0 Å². The second kappa shape index (κ2) is 3.35. The van der Waals surface area contributed by atoms with Crippen LogP contribution in [0.4, 0.5) is 0 Å². The summed E-state index contributed by atoms with van der Waals surface area (Å²) in [7, 11) is 0. The lowest BCUT2D eigenvalue weighted by Gasteiger charge is -2.29. The van der Waals surface area contributed by atoms with E-state index in [0.29, 0.717) is 18.4 Å². The molecule has 3 N–H and O–H groups in total. The summed E-state index contributed by atoms with van der Waals surface area (Å²) in [5.74, 6) is 0.917. The molecule has 2 nitrogen and oxygen atoms in total. The van der Waals surface area contributed by atoms with E-state index in [2.05, 4.69) is 20.8 Å². The van der Waals surface area contributed by atoms with Crippen molar-refractivity contribution in [3.8, 4) is 0 Å². The Balaban J connectivity index is 2.52. The van der Waals surface area contributed by atoms with Gasteiger partial charge < -0.3 is 10.8 Å². The van der Waals surface area contributed by atoms with E-state index in [0.717, 1.165) is 12.8 Å². The molecule has 2 heteroatoms. The van der Waals surface area contributed by atoms with E-state index in [9.17, 15) is 5.11 Å². The topological polar surface area (TPSA) is 46.2 Å². The third-order valence-corrected chi connectivity index (χ3v) is 3.48. The molecular weight excluding hydrogens is 150 g/mol. The fraction of sp³-hybridized carbons (Fsp3) is 1.00. The third kappa shape index (κ3) is 1.64. The van der Waals surface area contributed by atoms with Gasteiger partial charge in [-0.05, 0) is 24.7 Å². The highest BCUT2D eigenvalue weighted by atomic mass is 16.3. The molecule has 1 aliphatic rings. The summed E-state index contributed by atoms with van der Waals surface area (Å²) in [5, 5.41) is 10.00. The number of aliphatic hydroxyl groups is 1. The number of hydrogen-bond donors (Lipinski definition) is 2. The highest BCUT2D eigenvalue weighted by Crippen LogP contribution is 2.50. The lowest BCUT2D eigenvalue weighted by atomic mass is 9.83. The molecule has 0 amide bonds. The largest absolute Gasteiger partial charge is 0.392 e. The maximum atomic E-state index is 10.00. The maximum absolute atomic E-state index is 10.00. The Morgan fingerprint density at radius 1 is 1.33 bits per heavy atom. The molecule has 0 heterocycles. The Morgan fingerprint density at radius 3 is 2.08 bits per heavy atom. The summed E-state index contributed by atoms with van der Waals surface area (Å²) >= 11 is 0. The average Bonchev–Trinajstić information content (AvgIpc) is 2.82. The van der Waals surface area contributed by atoms with Crippen molar-refractivity contribution in [2.75, 3.05) is 6.54 Å². The minimum absolute atomic E-state index is 0.0870. The van der Waals surface area contributed by atoms with E-state index in [1.165, 1.54) is 0 Å². The van der Waals surface area contributed by atoms with E-state index in [4.69, 9.17) is 5.73 Å². The van der Waals surface area contributed by atoms with Crippen molar-refractivity contribution < 1.29 is 5.11 Å². The van der Waals surface area contributed by atoms with Gasteiger partial charge in [0.1, 0.15) is 0 Å². The predicted octanol–water partition coefficient (Wildman–Crippen LogP) is 1.38. The highest BCUT2D eigenvalue weighted by Gasteiger charge is 2.49. The van der Waals surface area contributed by atoms with E-state index < -0.39 is 0 Å². The van der Waals surface area contributed by atoms with Crippen LogP contribution in [0.2, 0.25) is 0 Å². The van der Waals surface area contributed by atoms with Crippen LogP contribution >= 0.6 is 0 Å². The van der Waals surface area contributed by atoms with Crippen LogP contribution in [0, 0.1) is 17.3 Å². The second-order valence-corrected chi connectivity index (χ2v) is 4.61. The van der Waals surface area contributed by atoms with Crippen molar-refractivity contribution in [3.63, 3.8) is 0 Å². The van der Waals surface area contributed by atoms with Crippen LogP contribution in [-0.4, -0.2) is 17.8 Å². The molecule has 72 valence electrons. The second-order valence-electron chi connectivity index (χ2n) is 4.61. The van der Waals surface area contributed by atoms with Gasteiger partial charge in [-0.15, -0.1) is 0 Å². The molecule has 0 aromatic rings. The van der Waals surface area contributed by atoms with Gasteiger partial charge in [0.15, 0.2) is 0 Å². The molecule has 0 spiro atoms. The number of hydrogen-bond acceptors (Lipinski definition) is 2. The highest BCUT2D eigenvalue weighted by molar-refractivity contribution is 5.01. The number of nitrogens with two attached hydrogens (primary N) is 1. The zero-order chi connectivity index (χ0) is 9.35. The quantitative estimate of drug-likeness (QED) is 0.671. The van der Waals surface area contributed by atoms with Crippen molar-refractivity contribution in [2.24, 2.45) is 23.0 Å². The summed E-state index contributed by atoms with van der Waals surface area (Å²) in [6.07, 6.45) is 2.03. The molecule has 2 unspecified atom stereocenters. The Kier molecular flexibility index (Phi) is 2.79. The zero-order valence-electron chi connectivity index (χ0n) is 8.38. The van der Waals surface area contributed by atoms with E-state index in [1.807, 2.05) is 0 Å². The number of rotatable bonds is 4. The minimum atomic E-state index is -0.192. The summed E-state index contributed by atoms with van der Waals surface area (Å²) in [6, 6.07) is 0. The minimum Gasteiger partial charge on any atom is -0.392 e. The molecule has 0 saturated heterocycles. The van der Waals surface area contributed by atoms with Gasteiger partial charge in [0.2, 0.25) is 0 Å². The monoisotopic (exact) mass is 171 g/mol. The van der Waals surface area contributed by atoms with Gasteiger partial charge in [-0.25, -0.2) is 0 Å². The zero-order valence-corrected chi connectivity index (χ0v) is 8.38. The van der Waals surface area contributed by atoms with Crippen LogP contribution in [0.5, 0.6) is 0 Å². The van der Waals surface area contributed by atoms with Crippen molar-refractivity contribution >= 4 is 0 Å². The molecular formula is C10H21NO. The average molecular weight is 171 g/mol. The van der Waals surface area contributed by atoms with Crippen LogP contribution in [0.25, 0.3) is 0 Å². The SMILES string of the molecule is CC(C)C(C)C(O)C1(CN)CC1. The fourth-order valence-electron chi connectivity index (χ4n) is 1.70. The molecule has 0 bridgehead atoms. The smallest absolute Gasteiger partial charge is 0.0636 e. The Bertz CT molecular complexity index is 152. The molecule has 2 atom stereocenters. The Morgan fingerprint density at radius 2 is 1.83 bits per heavy atom.